The van der Waals surface area contributed by atoms with E-state index in [-0.39, 0.29) is 0 Å². The Morgan fingerprint density at radius 1 is 0.970 bits per heavy atom. The molecule has 1 atom stereocenters. The first-order valence-corrected chi connectivity index (χ1v) is 11.5. The third-order valence-electron chi connectivity index (χ3n) is 5.74. The standard InChI is InChI=1S/C28H30N2O3/c1-4-10-25-29-26-22(13-9-14-24(26)30(25)3)19-20-15-17-23(18-16-20)33-27(28(31)32-5-2)21-11-7-6-8-12-21/h6-9,11-18,27H,4-5,10,19H2,1-3H3. The number of aromatic nitrogens is 2. The van der Waals surface area contributed by atoms with E-state index in [1.807, 2.05) is 54.6 Å². The van der Waals surface area contributed by atoms with Crippen molar-refractivity contribution in [2.45, 2.75) is 39.2 Å². The van der Waals surface area contributed by atoms with Gasteiger partial charge in [-0.2, -0.15) is 0 Å². The molecule has 1 unspecified atom stereocenters. The number of benzene rings is 3. The second-order valence-electron chi connectivity index (χ2n) is 8.10. The number of imidazole rings is 1. The monoisotopic (exact) mass is 442 g/mol. The van der Waals surface area contributed by atoms with E-state index in [0.29, 0.717) is 12.4 Å². The largest absolute Gasteiger partial charge is 0.474 e. The van der Waals surface area contributed by atoms with Crippen molar-refractivity contribution in [3.8, 4) is 5.75 Å². The third-order valence-corrected chi connectivity index (χ3v) is 5.74. The highest BCUT2D eigenvalue weighted by atomic mass is 16.6. The molecule has 5 nitrogen and oxygen atoms in total. The second-order valence-corrected chi connectivity index (χ2v) is 8.10. The number of hydrogen-bond donors (Lipinski definition) is 0. The Kier molecular flexibility index (Phi) is 7.08. The number of esters is 1. The Morgan fingerprint density at radius 3 is 2.42 bits per heavy atom. The summed E-state index contributed by atoms with van der Waals surface area (Å²) in [5, 5.41) is 0. The van der Waals surface area contributed by atoms with Crippen LogP contribution in [0.5, 0.6) is 5.75 Å². The lowest BCUT2D eigenvalue weighted by molar-refractivity contribution is -0.151. The van der Waals surface area contributed by atoms with Crippen molar-refractivity contribution in [3.05, 3.63) is 95.3 Å². The van der Waals surface area contributed by atoms with Crippen LogP contribution in [0.4, 0.5) is 0 Å². The topological polar surface area (TPSA) is 53.4 Å². The van der Waals surface area contributed by atoms with Gasteiger partial charge in [-0.25, -0.2) is 9.78 Å². The van der Waals surface area contributed by atoms with Gasteiger partial charge in [0, 0.05) is 19.0 Å². The summed E-state index contributed by atoms with van der Waals surface area (Å²) in [5.74, 6) is 1.36. The summed E-state index contributed by atoms with van der Waals surface area (Å²) in [4.78, 5) is 17.4. The number of nitrogens with zero attached hydrogens (tertiary/aromatic N) is 2. The van der Waals surface area contributed by atoms with Crippen molar-refractivity contribution in [1.82, 2.24) is 9.55 Å². The van der Waals surface area contributed by atoms with Crippen LogP contribution in [0.15, 0.2) is 72.8 Å². The summed E-state index contributed by atoms with van der Waals surface area (Å²) in [6.07, 6.45) is 2.03. The molecule has 0 spiro atoms. The van der Waals surface area contributed by atoms with Crippen LogP contribution < -0.4 is 4.74 Å². The number of carbonyl (C=O) groups excluding carboxylic acids is 1. The average Bonchev–Trinajstić information content (AvgIpc) is 3.16. The van der Waals surface area contributed by atoms with Gasteiger partial charge in [-0.3, -0.25) is 0 Å². The summed E-state index contributed by atoms with van der Waals surface area (Å²) in [5.41, 5.74) is 5.36. The molecule has 4 rings (SSSR count). The first-order chi connectivity index (χ1) is 16.1. The molecule has 0 fully saturated rings. The minimum Gasteiger partial charge on any atom is -0.474 e. The molecule has 0 aliphatic rings. The smallest absolute Gasteiger partial charge is 0.352 e. The van der Waals surface area contributed by atoms with Crippen LogP contribution in [0.3, 0.4) is 0 Å². The molecule has 0 aliphatic carbocycles. The van der Waals surface area contributed by atoms with Gasteiger partial charge in [-0.05, 0) is 49.1 Å². The van der Waals surface area contributed by atoms with E-state index in [9.17, 15) is 4.79 Å². The lowest BCUT2D eigenvalue weighted by Gasteiger charge is -2.18. The third kappa shape index (κ3) is 5.08. The molecular formula is C28H30N2O3. The van der Waals surface area contributed by atoms with Crippen molar-refractivity contribution in [1.29, 1.82) is 0 Å². The fraction of sp³-hybridized carbons (Fsp3) is 0.286. The van der Waals surface area contributed by atoms with Gasteiger partial charge < -0.3 is 14.0 Å². The van der Waals surface area contributed by atoms with Gasteiger partial charge in [-0.15, -0.1) is 0 Å². The normalized spacial score (nSPS) is 12.0. The minimum absolute atomic E-state index is 0.309. The number of rotatable bonds is 9. The van der Waals surface area contributed by atoms with E-state index in [0.717, 1.165) is 47.2 Å². The summed E-state index contributed by atoms with van der Waals surface area (Å²) < 4.78 is 13.5. The maximum Gasteiger partial charge on any atom is 0.352 e. The molecule has 170 valence electrons. The van der Waals surface area contributed by atoms with Crippen molar-refractivity contribution in [3.63, 3.8) is 0 Å². The molecule has 33 heavy (non-hydrogen) atoms. The molecule has 0 amide bonds. The maximum atomic E-state index is 12.5. The molecule has 0 N–H and O–H groups in total. The van der Waals surface area contributed by atoms with Gasteiger partial charge in [0.05, 0.1) is 17.6 Å². The van der Waals surface area contributed by atoms with Gasteiger partial charge in [0.25, 0.3) is 0 Å². The molecule has 4 aromatic rings. The highest BCUT2D eigenvalue weighted by Gasteiger charge is 2.24. The maximum absolute atomic E-state index is 12.5. The van der Waals surface area contributed by atoms with E-state index in [1.54, 1.807) is 6.92 Å². The van der Waals surface area contributed by atoms with E-state index in [4.69, 9.17) is 14.5 Å². The average molecular weight is 443 g/mol. The highest BCUT2D eigenvalue weighted by Crippen LogP contribution is 2.26. The molecule has 5 heteroatoms. The van der Waals surface area contributed by atoms with E-state index in [1.165, 1.54) is 5.56 Å². The first-order valence-electron chi connectivity index (χ1n) is 11.5. The number of para-hydroxylation sites is 1. The lowest BCUT2D eigenvalue weighted by Crippen LogP contribution is -2.21. The molecule has 0 saturated heterocycles. The Balaban J connectivity index is 1.54. The van der Waals surface area contributed by atoms with Gasteiger partial charge in [0.1, 0.15) is 11.6 Å². The predicted molar refractivity (Wildman–Crippen MR) is 130 cm³/mol. The SMILES string of the molecule is CCCc1nc2c(Cc3ccc(OC(C(=O)OCC)c4ccccc4)cc3)cccc2n1C. The number of fused-ring (bicyclic) bond motifs is 1. The van der Waals surface area contributed by atoms with Crippen molar-refractivity contribution in [2.75, 3.05) is 6.61 Å². The fourth-order valence-electron chi connectivity index (χ4n) is 4.05. The van der Waals surface area contributed by atoms with Crippen molar-refractivity contribution >= 4 is 17.0 Å². The van der Waals surface area contributed by atoms with Crippen molar-refractivity contribution < 1.29 is 14.3 Å². The molecule has 0 bridgehead atoms. The summed E-state index contributed by atoms with van der Waals surface area (Å²) in [6, 6.07) is 23.7. The Hall–Kier alpha value is -3.60. The van der Waals surface area contributed by atoms with Gasteiger partial charge in [0.2, 0.25) is 6.10 Å². The zero-order valence-electron chi connectivity index (χ0n) is 19.5. The Labute approximate surface area is 195 Å². The molecule has 0 radical (unpaired) electrons. The number of carbonyl (C=O) groups is 1. The van der Waals surface area contributed by atoms with Crippen LogP contribution in [0.2, 0.25) is 0 Å². The first kappa shape index (κ1) is 22.6. The van der Waals surface area contributed by atoms with Gasteiger partial charge in [-0.1, -0.05) is 61.5 Å². The molecule has 0 saturated carbocycles. The quantitative estimate of drug-likeness (QED) is 0.308. The van der Waals surface area contributed by atoms with E-state index in [2.05, 4.69) is 36.7 Å². The molecular weight excluding hydrogens is 412 g/mol. The van der Waals surface area contributed by atoms with Crippen molar-refractivity contribution in [2.24, 2.45) is 7.05 Å². The predicted octanol–water partition coefficient (Wildman–Crippen LogP) is 5.80. The molecule has 1 heterocycles. The Bertz CT molecular complexity index is 1210. The zero-order valence-corrected chi connectivity index (χ0v) is 19.5. The summed E-state index contributed by atoms with van der Waals surface area (Å²) in [6.45, 7) is 4.28. The molecule has 0 aliphatic heterocycles. The summed E-state index contributed by atoms with van der Waals surface area (Å²) in [7, 11) is 2.09. The minimum atomic E-state index is -0.795. The van der Waals surface area contributed by atoms with E-state index < -0.39 is 12.1 Å². The second kappa shape index (κ2) is 10.3. The fourth-order valence-corrected chi connectivity index (χ4v) is 4.05. The van der Waals surface area contributed by atoms with Gasteiger partial charge >= 0.3 is 5.97 Å². The zero-order chi connectivity index (χ0) is 23.2. The van der Waals surface area contributed by atoms with Crippen LogP contribution >= 0.6 is 0 Å². The van der Waals surface area contributed by atoms with Crippen LogP contribution in [0.25, 0.3) is 11.0 Å². The van der Waals surface area contributed by atoms with Crippen LogP contribution in [-0.4, -0.2) is 22.1 Å². The molecule has 3 aromatic carbocycles. The van der Waals surface area contributed by atoms with Crippen LogP contribution in [0.1, 0.15) is 48.9 Å². The summed E-state index contributed by atoms with van der Waals surface area (Å²) >= 11 is 0. The number of ether oxygens (including phenoxy) is 2. The van der Waals surface area contributed by atoms with E-state index >= 15 is 0 Å². The Morgan fingerprint density at radius 2 is 1.73 bits per heavy atom. The number of aryl methyl sites for hydroxylation is 2. The van der Waals surface area contributed by atoms with Gasteiger partial charge in [0.15, 0.2) is 0 Å². The lowest BCUT2D eigenvalue weighted by atomic mass is 10.0. The van der Waals surface area contributed by atoms with Crippen LogP contribution in [-0.2, 0) is 29.4 Å². The van der Waals surface area contributed by atoms with Crippen LogP contribution in [0, 0.1) is 0 Å². The number of hydrogen-bond acceptors (Lipinski definition) is 4. The molecule has 1 aromatic heterocycles. The highest BCUT2D eigenvalue weighted by molar-refractivity contribution is 5.80.